The molecule has 1 aromatic heterocycles. The zero-order valence-electron chi connectivity index (χ0n) is 10.6. The third-order valence-corrected chi connectivity index (χ3v) is 3.07. The van der Waals surface area contributed by atoms with Crippen LogP contribution < -0.4 is 10.6 Å². The molecule has 6 heteroatoms. The van der Waals surface area contributed by atoms with E-state index in [-0.39, 0.29) is 6.04 Å². The van der Waals surface area contributed by atoms with Crippen LogP contribution in [0.3, 0.4) is 0 Å². The normalized spacial score (nSPS) is 14.1. The lowest BCUT2D eigenvalue weighted by molar-refractivity contribution is 0.683. The van der Waals surface area contributed by atoms with E-state index in [1.54, 1.807) is 6.26 Å². The van der Waals surface area contributed by atoms with Gasteiger partial charge in [-0.25, -0.2) is 9.97 Å². The van der Waals surface area contributed by atoms with Crippen LogP contribution in [0.1, 0.15) is 20.3 Å². The van der Waals surface area contributed by atoms with Gasteiger partial charge in [-0.05, 0) is 13.3 Å². The Hall–Kier alpha value is -1.17. The second-order valence-corrected chi connectivity index (χ2v) is 5.48. The van der Waals surface area contributed by atoms with Gasteiger partial charge in [0.25, 0.3) is 0 Å². The molecule has 0 radical (unpaired) electrons. The van der Waals surface area contributed by atoms with Crippen LogP contribution >= 0.6 is 0 Å². The van der Waals surface area contributed by atoms with Gasteiger partial charge in [0.15, 0.2) is 0 Å². The summed E-state index contributed by atoms with van der Waals surface area (Å²) >= 11 is 0. The summed E-state index contributed by atoms with van der Waals surface area (Å²) in [5.74, 6) is 2.19. The number of nitrogens with zero attached hydrogens (tertiary/aromatic N) is 2. The highest BCUT2D eigenvalue weighted by Crippen LogP contribution is 2.09. The van der Waals surface area contributed by atoms with Gasteiger partial charge in [-0.3, -0.25) is 4.21 Å². The van der Waals surface area contributed by atoms with Gasteiger partial charge in [0.05, 0.1) is 0 Å². The van der Waals surface area contributed by atoms with Crippen molar-refractivity contribution in [1.82, 2.24) is 9.97 Å². The smallest absolute Gasteiger partial charge is 0.131 e. The number of hydrogen-bond acceptors (Lipinski definition) is 5. The van der Waals surface area contributed by atoms with Crippen molar-refractivity contribution in [3.05, 3.63) is 12.4 Å². The van der Waals surface area contributed by atoms with Crippen molar-refractivity contribution in [1.29, 1.82) is 0 Å². The fraction of sp³-hybridized carbons (Fsp3) is 0.636. The fourth-order valence-corrected chi connectivity index (χ4v) is 2.22. The summed E-state index contributed by atoms with van der Waals surface area (Å²) < 4.78 is 11.1. The van der Waals surface area contributed by atoms with Gasteiger partial charge in [0.1, 0.15) is 18.0 Å². The first-order valence-corrected chi connectivity index (χ1v) is 7.47. The predicted molar refractivity (Wildman–Crippen MR) is 72.8 cm³/mol. The second kappa shape index (κ2) is 7.21. The van der Waals surface area contributed by atoms with Crippen molar-refractivity contribution in [3.63, 3.8) is 0 Å². The minimum absolute atomic E-state index is 0.134. The summed E-state index contributed by atoms with van der Waals surface area (Å²) in [4.78, 5) is 8.26. The molecule has 0 aliphatic heterocycles. The first-order valence-electron chi connectivity index (χ1n) is 5.74. The first kappa shape index (κ1) is 13.9. The third-order valence-electron chi connectivity index (χ3n) is 2.10. The SMILES string of the molecule is CCCNc1cc(NC(C)CS(C)=O)ncn1. The standard InChI is InChI=1S/C11H20N4OS/c1-4-5-12-10-6-11(14-8-13-10)15-9(2)7-17(3)16/h6,8-9H,4-5,7H2,1-3H3,(H2,12,13,14,15). The lowest BCUT2D eigenvalue weighted by Crippen LogP contribution is -2.23. The first-order chi connectivity index (χ1) is 8.11. The average Bonchev–Trinajstić information content (AvgIpc) is 2.25. The van der Waals surface area contributed by atoms with Gasteiger partial charge >= 0.3 is 0 Å². The highest BCUT2D eigenvalue weighted by Gasteiger charge is 2.05. The Kier molecular flexibility index (Phi) is 5.90. The van der Waals surface area contributed by atoms with E-state index in [0.717, 1.165) is 24.6 Å². The van der Waals surface area contributed by atoms with Gasteiger partial charge in [-0.2, -0.15) is 0 Å². The maximum atomic E-state index is 11.1. The molecule has 5 nitrogen and oxygen atoms in total. The molecular formula is C11H20N4OS. The summed E-state index contributed by atoms with van der Waals surface area (Å²) in [5.41, 5.74) is 0. The van der Waals surface area contributed by atoms with Gasteiger partial charge in [0.2, 0.25) is 0 Å². The van der Waals surface area contributed by atoms with E-state index in [9.17, 15) is 4.21 Å². The molecule has 2 N–H and O–H groups in total. The molecule has 0 amide bonds. The largest absolute Gasteiger partial charge is 0.370 e. The minimum Gasteiger partial charge on any atom is -0.370 e. The van der Waals surface area contributed by atoms with E-state index in [2.05, 4.69) is 27.5 Å². The maximum Gasteiger partial charge on any atom is 0.131 e. The van der Waals surface area contributed by atoms with Crippen LogP contribution in [-0.4, -0.2) is 38.8 Å². The van der Waals surface area contributed by atoms with Crippen molar-refractivity contribution < 1.29 is 4.21 Å². The molecule has 0 fully saturated rings. The molecule has 17 heavy (non-hydrogen) atoms. The van der Waals surface area contributed by atoms with Crippen LogP contribution in [0.5, 0.6) is 0 Å². The van der Waals surface area contributed by atoms with Crippen molar-refractivity contribution in [2.45, 2.75) is 26.3 Å². The van der Waals surface area contributed by atoms with E-state index in [1.807, 2.05) is 13.0 Å². The summed E-state index contributed by atoms with van der Waals surface area (Å²) in [5, 5.41) is 6.40. The fourth-order valence-electron chi connectivity index (χ4n) is 1.43. The van der Waals surface area contributed by atoms with Crippen molar-refractivity contribution in [2.75, 3.05) is 29.2 Å². The Balaban J connectivity index is 2.55. The van der Waals surface area contributed by atoms with E-state index in [1.165, 1.54) is 6.33 Å². The van der Waals surface area contributed by atoms with E-state index in [0.29, 0.717) is 5.75 Å². The molecule has 0 saturated carbocycles. The molecule has 1 aromatic rings. The third kappa shape index (κ3) is 5.63. The predicted octanol–water partition coefficient (Wildman–Crippen LogP) is 1.48. The molecule has 96 valence electrons. The lowest BCUT2D eigenvalue weighted by atomic mass is 10.4. The molecule has 1 rings (SSSR count). The highest BCUT2D eigenvalue weighted by molar-refractivity contribution is 7.84. The van der Waals surface area contributed by atoms with Gasteiger partial charge < -0.3 is 10.6 Å². The summed E-state index contributed by atoms with van der Waals surface area (Å²) in [6.45, 7) is 4.99. The Bertz CT molecular complexity index is 372. The molecule has 0 saturated heterocycles. The molecule has 2 atom stereocenters. The number of aromatic nitrogens is 2. The van der Waals surface area contributed by atoms with Gasteiger partial charge in [-0.1, -0.05) is 6.92 Å². The summed E-state index contributed by atoms with van der Waals surface area (Å²) in [7, 11) is -0.801. The maximum absolute atomic E-state index is 11.1. The van der Waals surface area contributed by atoms with E-state index < -0.39 is 10.8 Å². The highest BCUT2D eigenvalue weighted by atomic mass is 32.2. The van der Waals surface area contributed by atoms with E-state index >= 15 is 0 Å². The van der Waals surface area contributed by atoms with Crippen LogP contribution in [0.25, 0.3) is 0 Å². The Morgan fingerprint density at radius 3 is 2.76 bits per heavy atom. The van der Waals surface area contributed by atoms with Crippen molar-refractivity contribution in [3.8, 4) is 0 Å². The zero-order valence-corrected chi connectivity index (χ0v) is 11.4. The number of hydrogen-bond donors (Lipinski definition) is 2. The molecule has 0 aromatic carbocycles. The zero-order chi connectivity index (χ0) is 12.7. The number of anilines is 2. The molecular weight excluding hydrogens is 236 g/mol. The van der Waals surface area contributed by atoms with Gasteiger partial charge in [0, 0.05) is 41.5 Å². The van der Waals surface area contributed by atoms with Crippen LogP contribution in [0.2, 0.25) is 0 Å². The Labute approximate surface area is 105 Å². The van der Waals surface area contributed by atoms with Crippen molar-refractivity contribution in [2.24, 2.45) is 0 Å². The summed E-state index contributed by atoms with van der Waals surface area (Å²) in [6, 6.07) is 2.00. The minimum atomic E-state index is -0.801. The summed E-state index contributed by atoms with van der Waals surface area (Å²) in [6.07, 6.45) is 4.28. The van der Waals surface area contributed by atoms with Crippen LogP contribution in [-0.2, 0) is 10.8 Å². The van der Waals surface area contributed by atoms with Gasteiger partial charge in [-0.15, -0.1) is 0 Å². The lowest BCUT2D eigenvalue weighted by Gasteiger charge is -2.13. The molecule has 0 aliphatic rings. The second-order valence-electron chi connectivity index (χ2n) is 4.00. The topological polar surface area (TPSA) is 66.9 Å². The number of rotatable bonds is 7. The monoisotopic (exact) mass is 256 g/mol. The average molecular weight is 256 g/mol. The Morgan fingerprint density at radius 2 is 2.12 bits per heavy atom. The molecule has 0 spiro atoms. The van der Waals surface area contributed by atoms with Crippen LogP contribution in [0.4, 0.5) is 11.6 Å². The number of nitrogens with one attached hydrogen (secondary N) is 2. The Morgan fingerprint density at radius 1 is 1.41 bits per heavy atom. The van der Waals surface area contributed by atoms with Crippen molar-refractivity contribution >= 4 is 22.4 Å². The molecule has 2 unspecified atom stereocenters. The quantitative estimate of drug-likeness (QED) is 0.773. The molecule has 0 aliphatic carbocycles. The van der Waals surface area contributed by atoms with E-state index in [4.69, 9.17) is 0 Å². The van der Waals surface area contributed by atoms with Crippen LogP contribution in [0.15, 0.2) is 12.4 Å². The molecule has 1 heterocycles. The molecule has 0 bridgehead atoms. The van der Waals surface area contributed by atoms with Crippen LogP contribution in [0, 0.1) is 0 Å².